The molecule has 0 aliphatic rings. The number of nitrogens with zero attached hydrogens (tertiary/aromatic N) is 1. The minimum absolute atomic E-state index is 0.0611. The van der Waals surface area contributed by atoms with Gasteiger partial charge in [0, 0.05) is 19.5 Å². The molecule has 6 N–H and O–H groups in total. The molecule has 12 nitrogen and oxygen atoms in total. The highest BCUT2D eigenvalue weighted by Gasteiger charge is 2.27. The van der Waals surface area contributed by atoms with Crippen LogP contribution in [0.4, 0.5) is 0 Å². The predicted molar refractivity (Wildman–Crippen MR) is 162 cm³/mol. The molecule has 234 valence electrons. The van der Waals surface area contributed by atoms with Crippen LogP contribution in [0.3, 0.4) is 0 Å². The third-order valence-electron chi connectivity index (χ3n) is 6.34. The molecule has 0 saturated heterocycles. The molecule has 0 spiro atoms. The highest BCUT2D eigenvalue weighted by atomic mass is 16.5. The summed E-state index contributed by atoms with van der Waals surface area (Å²) in [7, 11) is 1.73. The van der Waals surface area contributed by atoms with E-state index in [2.05, 4.69) is 21.3 Å². The van der Waals surface area contributed by atoms with E-state index in [0.29, 0.717) is 13.0 Å². The van der Waals surface area contributed by atoms with Crippen molar-refractivity contribution < 1.29 is 28.7 Å². The first-order valence-electron chi connectivity index (χ1n) is 14.3. The lowest BCUT2D eigenvalue weighted by atomic mass is 10.0. The largest absolute Gasteiger partial charge is 0.460 e. The Bertz CT molecular complexity index is 1180. The number of hydrogen-bond acceptors (Lipinski definition) is 8. The highest BCUT2D eigenvalue weighted by molar-refractivity contribution is 5.93. The first kappa shape index (κ1) is 34.9. The van der Waals surface area contributed by atoms with Crippen LogP contribution in [0.25, 0.3) is 0 Å². The van der Waals surface area contributed by atoms with Crippen LogP contribution in [0, 0.1) is 5.92 Å². The van der Waals surface area contributed by atoms with Gasteiger partial charge < -0.3 is 31.7 Å². The molecule has 2 atom stereocenters. The molecule has 2 aromatic carbocycles. The Morgan fingerprint density at radius 3 is 2.05 bits per heavy atom. The summed E-state index contributed by atoms with van der Waals surface area (Å²) in [6.07, 6.45) is 0.545. The normalized spacial score (nSPS) is 12.2. The number of ether oxygens (including phenoxy) is 1. The molecule has 2 aromatic rings. The lowest BCUT2D eigenvalue weighted by molar-refractivity contribution is -0.146. The molecule has 43 heavy (non-hydrogen) atoms. The van der Waals surface area contributed by atoms with Crippen molar-refractivity contribution in [2.45, 2.75) is 45.4 Å². The zero-order valence-electron chi connectivity index (χ0n) is 25.1. The summed E-state index contributed by atoms with van der Waals surface area (Å²) in [4.78, 5) is 64.3. The Balaban J connectivity index is 1.80. The zero-order chi connectivity index (χ0) is 31.6. The molecule has 0 aromatic heterocycles. The molecule has 0 saturated carbocycles. The van der Waals surface area contributed by atoms with Gasteiger partial charge in [-0.05, 0) is 30.5 Å². The van der Waals surface area contributed by atoms with Crippen molar-refractivity contribution in [3.63, 3.8) is 0 Å². The van der Waals surface area contributed by atoms with E-state index in [0.717, 1.165) is 11.1 Å². The summed E-state index contributed by atoms with van der Waals surface area (Å²) < 4.78 is 5.27. The second kappa shape index (κ2) is 19.0. The van der Waals surface area contributed by atoms with Gasteiger partial charge in [-0.15, -0.1) is 0 Å². The fraction of sp³-hybridized carbons (Fsp3) is 0.452. The van der Waals surface area contributed by atoms with Gasteiger partial charge in [-0.1, -0.05) is 74.5 Å². The summed E-state index contributed by atoms with van der Waals surface area (Å²) in [5.41, 5.74) is 7.16. The van der Waals surface area contributed by atoms with E-state index >= 15 is 0 Å². The van der Waals surface area contributed by atoms with Crippen molar-refractivity contribution in [3.8, 4) is 0 Å². The number of rotatable bonds is 18. The SMILES string of the molecule is CC(C)CC(NC(=O)C(Cc1ccccc1)NC(=O)CN)C(=O)NCC(=O)NCCN(C)CC(=O)OCc1ccccc1. The molecular formula is C31H44N6O6. The standard InChI is InChI=1S/C31H44N6O6/c1-22(2)16-25(36-31(42)26(35-27(38)18-32)17-23-10-6-4-7-11-23)30(41)34-19-28(39)33-14-15-37(3)20-29(40)43-21-24-12-8-5-9-13-24/h4-13,22,25-26H,14-21,32H2,1-3H3,(H,33,39)(H,34,41)(H,35,38)(H,36,42). The zero-order valence-corrected chi connectivity index (χ0v) is 25.1. The van der Waals surface area contributed by atoms with Gasteiger partial charge in [-0.2, -0.15) is 0 Å². The van der Waals surface area contributed by atoms with E-state index in [4.69, 9.17) is 10.5 Å². The third kappa shape index (κ3) is 14.4. The van der Waals surface area contributed by atoms with Crippen LogP contribution >= 0.6 is 0 Å². The molecule has 0 aliphatic carbocycles. The maximum absolute atomic E-state index is 13.2. The van der Waals surface area contributed by atoms with Crippen LogP contribution in [0.5, 0.6) is 0 Å². The molecule has 2 unspecified atom stereocenters. The second-order valence-electron chi connectivity index (χ2n) is 10.7. The van der Waals surface area contributed by atoms with Gasteiger partial charge in [-0.3, -0.25) is 28.9 Å². The van der Waals surface area contributed by atoms with Crippen LogP contribution in [-0.2, 0) is 41.7 Å². The monoisotopic (exact) mass is 596 g/mol. The molecule has 0 heterocycles. The highest BCUT2D eigenvalue weighted by Crippen LogP contribution is 2.08. The Hall–Kier alpha value is -4.29. The van der Waals surface area contributed by atoms with Crippen molar-refractivity contribution >= 4 is 29.6 Å². The number of carbonyl (C=O) groups excluding carboxylic acids is 5. The number of likely N-dealkylation sites (N-methyl/N-ethyl adjacent to an activating group) is 1. The number of nitrogens with one attached hydrogen (secondary N) is 4. The Morgan fingerprint density at radius 2 is 1.44 bits per heavy atom. The maximum atomic E-state index is 13.2. The first-order chi connectivity index (χ1) is 20.6. The van der Waals surface area contributed by atoms with E-state index in [1.807, 2.05) is 74.5 Å². The minimum Gasteiger partial charge on any atom is -0.460 e. The number of hydrogen-bond donors (Lipinski definition) is 5. The van der Waals surface area contributed by atoms with E-state index in [1.54, 1.807) is 11.9 Å². The number of carbonyl (C=O) groups is 5. The number of amides is 4. The fourth-order valence-electron chi connectivity index (χ4n) is 4.11. The summed E-state index contributed by atoms with van der Waals surface area (Å²) in [5.74, 6) is -2.27. The quantitative estimate of drug-likeness (QED) is 0.151. The molecule has 2 rings (SSSR count). The Morgan fingerprint density at radius 1 is 0.814 bits per heavy atom. The average Bonchev–Trinajstić information content (AvgIpc) is 2.98. The van der Waals surface area contributed by atoms with Crippen LogP contribution in [0.1, 0.15) is 31.4 Å². The van der Waals surface area contributed by atoms with Crippen molar-refractivity contribution in [2.75, 3.05) is 39.8 Å². The average molecular weight is 597 g/mol. The summed E-state index contributed by atoms with van der Waals surface area (Å²) >= 11 is 0. The molecule has 4 amide bonds. The number of benzene rings is 2. The van der Waals surface area contributed by atoms with Crippen LogP contribution < -0.4 is 27.0 Å². The Kier molecular flexibility index (Phi) is 15.4. The molecule has 0 bridgehead atoms. The molecule has 0 fully saturated rings. The van der Waals surface area contributed by atoms with Crippen LogP contribution in [0.15, 0.2) is 60.7 Å². The van der Waals surface area contributed by atoms with Crippen molar-refractivity contribution in [1.29, 1.82) is 0 Å². The minimum atomic E-state index is -0.933. The molecular weight excluding hydrogens is 552 g/mol. The van der Waals surface area contributed by atoms with Gasteiger partial charge in [0.15, 0.2) is 0 Å². The summed E-state index contributed by atoms with van der Waals surface area (Å²) in [5, 5.41) is 10.6. The van der Waals surface area contributed by atoms with Gasteiger partial charge >= 0.3 is 5.97 Å². The van der Waals surface area contributed by atoms with Gasteiger partial charge in [0.05, 0.1) is 19.6 Å². The van der Waals surface area contributed by atoms with Crippen molar-refractivity contribution in [3.05, 3.63) is 71.8 Å². The maximum Gasteiger partial charge on any atom is 0.320 e. The van der Waals surface area contributed by atoms with Gasteiger partial charge in [0.1, 0.15) is 18.7 Å². The second-order valence-corrected chi connectivity index (χ2v) is 10.7. The van der Waals surface area contributed by atoms with E-state index in [-0.39, 0.29) is 51.1 Å². The predicted octanol–water partition coefficient (Wildman–Crippen LogP) is 0.111. The smallest absolute Gasteiger partial charge is 0.320 e. The van der Waals surface area contributed by atoms with Crippen molar-refractivity contribution in [1.82, 2.24) is 26.2 Å². The van der Waals surface area contributed by atoms with Crippen LogP contribution in [-0.4, -0.2) is 86.4 Å². The summed E-state index contributed by atoms with van der Waals surface area (Å²) in [6, 6.07) is 16.7. The summed E-state index contributed by atoms with van der Waals surface area (Å²) in [6.45, 7) is 4.15. The van der Waals surface area contributed by atoms with E-state index in [1.165, 1.54) is 0 Å². The first-order valence-corrected chi connectivity index (χ1v) is 14.3. The van der Waals surface area contributed by atoms with E-state index < -0.39 is 35.7 Å². The molecule has 12 heteroatoms. The number of nitrogens with two attached hydrogens (primary N) is 1. The van der Waals surface area contributed by atoms with E-state index in [9.17, 15) is 24.0 Å². The van der Waals surface area contributed by atoms with Gasteiger partial charge in [-0.25, -0.2) is 0 Å². The lowest BCUT2D eigenvalue weighted by Crippen LogP contribution is -2.56. The van der Waals surface area contributed by atoms with Gasteiger partial charge in [0.25, 0.3) is 0 Å². The van der Waals surface area contributed by atoms with Gasteiger partial charge in [0.2, 0.25) is 23.6 Å². The molecule has 0 radical (unpaired) electrons. The Labute approximate surface area is 253 Å². The fourth-order valence-corrected chi connectivity index (χ4v) is 4.11. The number of esters is 1. The topological polar surface area (TPSA) is 172 Å². The lowest BCUT2D eigenvalue weighted by Gasteiger charge is -2.24. The molecule has 0 aliphatic heterocycles. The third-order valence-corrected chi connectivity index (χ3v) is 6.34. The van der Waals surface area contributed by atoms with Crippen LogP contribution in [0.2, 0.25) is 0 Å². The van der Waals surface area contributed by atoms with Crippen molar-refractivity contribution in [2.24, 2.45) is 11.7 Å².